The molecule has 1 unspecified atom stereocenters. The summed E-state index contributed by atoms with van der Waals surface area (Å²) >= 11 is 0. The highest BCUT2D eigenvalue weighted by atomic mass is 16.4. The van der Waals surface area contributed by atoms with Crippen molar-refractivity contribution in [1.29, 1.82) is 0 Å². The Balaban J connectivity index is 2.53. The summed E-state index contributed by atoms with van der Waals surface area (Å²) in [7, 11) is 0. The van der Waals surface area contributed by atoms with Crippen LogP contribution in [-0.2, 0) is 0 Å². The molecule has 0 spiro atoms. The molecule has 1 aromatic carbocycles. The van der Waals surface area contributed by atoms with Gasteiger partial charge in [-0.3, -0.25) is 0 Å². The summed E-state index contributed by atoms with van der Waals surface area (Å²) in [4.78, 5) is 10.6. The molecule has 0 radical (unpaired) electrons. The number of carboxylic acids is 1. The SMILES string of the molecule is CCC(O)CNc1ccc(C(=O)O)cc1. The minimum atomic E-state index is -0.935. The van der Waals surface area contributed by atoms with Crippen molar-refractivity contribution < 1.29 is 15.0 Å². The van der Waals surface area contributed by atoms with E-state index in [1.54, 1.807) is 12.1 Å². The van der Waals surface area contributed by atoms with Gasteiger partial charge in [0.2, 0.25) is 0 Å². The van der Waals surface area contributed by atoms with E-state index in [-0.39, 0.29) is 11.7 Å². The Hall–Kier alpha value is -1.55. The molecule has 0 fully saturated rings. The van der Waals surface area contributed by atoms with E-state index < -0.39 is 5.97 Å². The van der Waals surface area contributed by atoms with Gasteiger partial charge >= 0.3 is 5.97 Å². The lowest BCUT2D eigenvalue weighted by molar-refractivity contribution is 0.0697. The molecule has 4 nitrogen and oxygen atoms in total. The number of hydrogen-bond donors (Lipinski definition) is 3. The molecule has 0 bridgehead atoms. The van der Waals surface area contributed by atoms with Crippen molar-refractivity contribution >= 4 is 11.7 Å². The van der Waals surface area contributed by atoms with Gasteiger partial charge in [-0.15, -0.1) is 0 Å². The first-order valence-electron chi connectivity index (χ1n) is 4.88. The third kappa shape index (κ3) is 3.59. The molecule has 0 aliphatic carbocycles. The van der Waals surface area contributed by atoms with Gasteiger partial charge in [-0.2, -0.15) is 0 Å². The van der Waals surface area contributed by atoms with Gasteiger partial charge < -0.3 is 15.5 Å². The Morgan fingerprint density at radius 3 is 2.47 bits per heavy atom. The van der Waals surface area contributed by atoms with Gasteiger partial charge in [0, 0.05) is 12.2 Å². The van der Waals surface area contributed by atoms with Gasteiger partial charge in [0.15, 0.2) is 0 Å². The van der Waals surface area contributed by atoms with Crippen molar-refractivity contribution in [1.82, 2.24) is 0 Å². The number of rotatable bonds is 5. The van der Waals surface area contributed by atoms with E-state index in [2.05, 4.69) is 5.32 Å². The fourth-order valence-corrected chi connectivity index (χ4v) is 1.11. The predicted molar refractivity (Wildman–Crippen MR) is 58.2 cm³/mol. The maximum atomic E-state index is 10.6. The molecular formula is C11H15NO3. The lowest BCUT2D eigenvalue weighted by atomic mass is 10.2. The molecule has 0 saturated carbocycles. The molecule has 1 atom stereocenters. The molecule has 15 heavy (non-hydrogen) atoms. The highest BCUT2D eigenvalue weighted by Gasteiger charge is 2.02. The second-order valence-electron chi connectivity index (χ2n) is 3.33. The summed E-state index contributed by atoms with van der Waals surface area (Å²) in [6.07, 6.45) is 0.323. The molecule has 82 valence electrons. The molecular weight excluding hydrogens is 194 g/mol. The normalized spacial score (nSPS) is 12.1. The van der Waals surface area contributed by atoms with Gasteiger partial charge in [-0.1, -0.05) is 6.92 Å². The number of benzene rings is 1. The van der Waals surface area contributed by atoms with E-state index in [9.17, 15) is 9.90 Å². The first-order chi connectivity index (χ1) is 7.13. The van der Waals surface area contributed by atoms with Crippen LogP contribution in [0.5, 0.6) is 0 Å². The number of aliphatic hydroxyl groups is 1. The Kier molecular flexibility index (Phi) is 4.12. The standard InChI is InChI=1S/C11H15NO3/c1-2-10(13)7-12-9-5-3-8(4-6-9)11(14)15/h3-6,10,12-13H,2,7H2,1H3,(H,14,15). The van der Waals surface area contributed by atoms with Crippen LogP contribution in [0.15, 0.2) is 24.3 Å². The molecule has 3 N–H and O–H groups in total. The molecule has 0 saturated heterocycles. The molecule has 1 rings (SSSR count). The van der Waals surface area contributed by atoms with Crippen molar-refractivity contribution in [2.75, 3.05) is 11.9 Å². The molecule has 4 heteroatoms. The van der Waals surface area contributed by atoms with E-state index in [4.69, 9.17) is 5.11 Å². The minimum Gasteiger partial charge on any atom is -0.478 e. The van der Waals surface area contributed by atoms with Gasteiger partial charge in [0.1, 0.15) is 0 Å². The summed E-state index contributed by atoms with van der Waals surface area (Å²) < 4.78 is 0. The molecule has 0 aliphatic heterocycles. The summed E-state index contributed by atoms with van der Waals surface area (Å²) in [5.41, 5.74) is 1.07. The van der Waals surface area contributed by atoms with Crippen LogP contribution in [0.1, 0.15) is 23.7 Å². The number of carboxylic acid groups (broad SMARTS) is 1. The van der Waals surface area contributed by atoms with Gasteiger partial charge in [0.25, 0.3) is 0 Å². The Morgan fingerprint density at radius 1 is 1.40 bits per heavy atom. The van der Waals surface area contributed by atoms with Crippen molar-refractivity contribution in [3.8, 4) is 0 Å². The lowest BCUT2D eigenvalue weighted by Gasteiger charge is -2.10. The van der Waals surface area contributed by atoms with Crippen molar-refractivity contribution in [3.05, 3.63) is 29.8 Å². The van der Waals surface area contributed by atoms with Crippen LogP contribution in [0.2, 0.25) is 0 Å². The zero-order valence-corrected chi connectivity index (χ0v) is 8.60. The Morgan fingerprint density at radius 2 is 2.00 bits per heavy atom. The zero-order valence-electron chi connectivity index (χ0n) is 8.60. The number of anilines is 1. The third-order valence-electron chi connectivity index (χ3n) is 2.14. The molecule has 0 aromatic heterocycles. The van der Waals surface area contributed by atoms with Gasteiger partial charge in [-0.05, 0) is 30.7 Å². The van der Waals surface area contributed by atoms with E-state index in [0.717, 1.165) is 5.69 Å². The van der Waals surface area contributed by atoms with Crippen molar-refractivity contribution in [2.24, 2.45) is 0 Å². The molecule has 0 amide bonds. The summed E-state index contributed by atoms with van der Waals surface area (Å²) in [6, 6.07) is 6.43. The number of carbonyl (C=O) groups is 1. The first kappa shape index (κ1) is 11.5. The van der Waals surface area contributed by atoms with Crippen LogP contribution in [0.3, 0.4) is 0 Å². The summed E-state index contributed by atoms with van der Waals surface area (Å²) in [5, 5.41) is 21.0. The summed E-state index contributed by atoms with van der Waals surface area (Å²) in [6.45, 7) is 2.38. The Labute approximate surface area is 88.6 Å². The van der Waals surface area contributed by atoms with Gasteiger partial charge in [0.05, 0.1) is 11.7 Å². The average molecular weight is 209 g/mol. The predicted octanol–water partition coefficient (Wildman–Crippen LogP) is 1.57. The smallest absolute Gasteiger partial charge is 0.335 e. The lowest BCUT2D eigenvalue weighted by Crippen LogP contribution is -2.18. The largest absolute Gasteiger partial charge is 0.478 e. The van der Waals surface area contributed by atoms with Crippen LogP contribution >= 0.6 is 0 Å². The van der Waals surface area contributed by atoms with E-state index >= 15 is 0 Å². The first-order valence-corrected chi connectivity index (χ1v) is 4.88. The molecule has 0 aliphatic rings. The Bertz CT molecular complexity index is 321. The van der Waals surface area contributed by atoms with Crippen molar-refractivity contribution in [2.45, 2.75) is 19.4 Å². The monoisotopic (exact) mass is 209 g/mol. The number of nitrogens with one attached hydrogen (secondary N) is 1. The van der Waals surface area contributed by atoms with Gasteiger partial charge in [-0.25, -0.2) is 4.79 Å². The topological polar surface area (TPSA) is 69.6 Å². The fourth-order valence-electron chi connectivity index (χ4n) is 1.11. The second-order valence-corrected chi connectivity index (χ2v) is 3.33. The van der Waals surface area contributed by atoms with Crippen LogP contribution < -0.4 is 5.32 Å². The third-order valence-corrected chi connectivity index (χ3v) is 2.14. The maximum absolute atomic E-state index is 10.6. The van der Waals surface area contributed by atoms with Crippen LogP contribution in [0, 0.1) is 0 Å². The van der Waals surface area contributed by atoms with E-state index in [0.29, 0.717) is 13.0 Å². The average Bonchev–Trinajstić information content (AvgIpc) is 2.26. The number of hydrogen-bond acceptors (Lipinski definition) is 3. The number of aliphatic hydroxyl groups excluding tert-OH is 1. The van der Waals surface area contributed by atoms with E-state index in [1.165, 1.54) is 12.1 Å². The second kappa shape index (κ2) is 5.36. The molecule has 1 aromatic rings. The number of aromatic carboxylic acids is 1. The summed E-state index contributed by atoms with van der Waals surface area (Å²) in [5.74, 6) is -0.935. The minimum absolute atomic E-state index is 0.261. The quantitative estimate of drug-likeness (QED) is 0.688. The van der Waals surface area contributed by atoms with Crippen LogP contribution in [-0.4, -0.2) is 28.8 Å². The fraction of sp³-hybridized carbons (Fsp3) is 0.364. The zero-order chi connectivity index (χ0) is 11.3. The highest BCUT2D eigenvalue weighted by molar-refractivity contribution is 5.87. The van der Waals surface area contributed by atoms with Crippen LogP contribution in [0.4, 0.5) is 5.69 Å². The maximum Gasteiger partial charge on any atom is 0.335 e. The molecule has 0 heterocycles. The van der Waals surface area contributed by atoms with Crippen LogP contribution in [0.25, 0.3) is 0 Å². The van der Waals surface area contributed by atoms with Crippen molar-refractivity contribution in [3.63, 3.8) is 0 Å². The highest BCUT2D eigenvalue weighted by Crippen LogP contribution is 2.09. The van der Waals surface area contributed by atoms with E-state index in [1.807, 2.05) is 6.92 Å².